The van der Waals surface area contributed by atoms with Crippen LogP contribution in [0.25, 0.3) is 10.1 Å². The molecule has 2 aromatic rings. The first kappa shape index (κ1) is 8.48. The largest absolute Gasteiger partial charge is 0.206 e. The van der Waals surface area contributed by atoms with Crippen molar-refractivity contribution in [3.63, 3.8) is 0 Å². The van der Waals surface area contributed by atoms with Gasteiger partial charge in [-0.2, -0.15) is 0 Å². The summed E-state index contributed by atoms with van der Waals surface area (Å²) in [5.41, 5.74) is 0. The van der Waals surface area contributed by atoms with E-state index in [1.165, 1.54) is 17.4 Å². The maximum Gasteiger partial charge on any atom is 0.133 e. The normalized spacial score (nSPS) is 10.9. The van der Waals surface area contributed by atoms with E-state index in [0.29, 0.717) is 14.2 Å². The highest BCUT2D eigenvalue weighted by molar-refractivity contribution is 9.10. The minimum Gasteiger partial charge on any atom is -0.206 e. The van der Waals surface area contributed by atoms with Crippen LogP contribution in [0, 0.1) is 5.82 Å². The number of halogens is 3. The van der Waals surface area contributed by atoms with Crippen LogP contribution in [0.3, 0.4) is 0 Å². The molecular weight excluding hydrogens is 263 g/mol. The molecular formula is C8H3BrClFS. The Labute approximate surface area is 86.1 Å². The molecule has 0 aliphatic heterocycles. The van der Waals surface area contributed by atoms with E-state index < -0.39 is 0 Å². The third-order valence-corrected chi connectivity index (χ3v) is 4.21. The van der Waals surface area contributed by atoms with Crippen molar-refractivity contribution in [3.05, 3.63) is 32.8 Å². The van der Waals surface area contributed by atoms with Gasteiger partial charge in [-0.05, 0) is 28.1 Å². The van der Waals surface area contributed by atoms with Crippen LogP contribution in [0.15, 0.2) is 22.7 Å². The minimum atomic E-state index is -0.234. The summed E-state index contributed by atoms with van der Waals surface area (Å²) in [6, 6.07) is 4.95. The number of benzene rings is 1. The van der Waals surface area contributed by atoms with Crippen molar-refractivity contribution in [3.8, 4) is 0 Å². The molecule has 62 valence electrons. The molecule has 0 saturated heterocycles. The van der Waals surface area contributed by atoms with Crippen LogP contribution in [-0.2, 0) is 0 Å². The summed E-state index contributed by atoms with van der Waals surface area (Å²) >= 11 is 10.4. The maximum absolute atomic E-state index is 13.2. The van der Waals surface area contributed by atoms with Gasteiger partial charge in [0.15, 0.2) is 0 Å². The quantitative estimate of drug-likeness (QED) is 0.660. The topological polar surface area (TPSA) is 0 Å². The molecule has 0 fully saturated rings. The van der Waals surface area contributed by atoms with E-state index in [1.54, 1.807) is 6.07 Å². The van der Waals surface area contributed by atoms with Crippen molar-refractivity contribution in [1.29, 1.82) is 0 Å². The fourth-order valence-corrected chi connectivity index (χ4v) is 3.00. The SMILES string of the molecule is Fc1cccc2sc(Cl)c(Br)c12. The second kappa shape index (κ2) is 2.98. The molecule has 12 heavy (non-hydrogen) atoms. The van der Waals surface area contributed by atoms with E-state index in [1.807, 2.05) is 6.07 Å². The standard InChI is InChI=1S/C8H3BrClFS/c9-7-6-4(11)2-1-3-5(6)12-8(7)10/h1-3H. The van der Waals surface area contributed by atoms with Crippen LogP contribution in [0.1, 0.15) is 0 Å². The summed E-state index contributed by atoms with van der Waals surface area (Å²) in [5, 5.41) is 0.576. The highest BCUT2D eigenvalue weighted by Gasteiger charge is 2.10. The summed E-state index contributed by atoms with van der Waals surface area (Å²) in [5.74, 6) is -0.234. The third kappa shape index (κ3) is 1.16. The molecule has 0 aliphatic carbocycles. The molecule has 0 N–H and O–H groups in total. The monoisotopic (exact) mass is 264 g/mol. The lowest BCUT2D eigenvalue weighted by molar-refractivity contribution is 0.640. The molecule has 0 nitrogen and oxygen atoms in total. The van der Waals surface area contributed by atoms with Crippen LogP contribution in [0.5, 0.6) is 0 Å². The lowest BCUT2D eigenvalue weighted by Crippen LogP contribution is -1.72. The Hall–Kier alpha value is -0.120. The first-order valence-corrected chi connectivity index (χ1v) is 5.21. The van der Waals surface area contributed by atoms with Gasteiger partial charge in [-0.15, -0.1) is 11.3 Å². The second-order valence-electron chi connectivity index (χ2n) is 2.30. The molecule has 0 radical (unpaired) electrons. The number of hydrogen-bond donors (Lipinski definition) is 0. The van der Waals surface area contributed by atoms with Crippen molar-refractivity contribution in [2.75, 3.05) is 0 Å². The summed E-state index contributed by atoms with van der Waals surface area (Å²) in [6.45, 7) is 0. The van der Waals surface area contributed by atoms with Gasteiger partial charge in [0.1, 0.15) is 10.2 Å². The molecule has 0 amide bonds. The Kier molecular flexibility index (Phi) is 2.10. The van der Waals surface area contributed by atoms with Crippen LogP contribution in [-0.4, -0.2) is 0 Å². The predicted molar refractivity (Wildman–Crippen MR) is 54.5 cm³/mol. The van der Waals surface area contributed by atoms with Gasteiger partial charge < -0.3 is 0 Å². The average molecular weight is 266 g/mol. The summed E-state index contributed by atoms with van der Waals surface area (Å²) < 4.78 is 15.3. The first-order chi connectivity index (χ1) is 5.70. The van der Waals surface area contributed by atoms with Gasteiger partial charge in [0.2, 0.25) is 0 Å². The van der Waals surface area contributed by atoms with Gasteiger partial charge >= 0.3 is 0 Å². The Bertz CT molecular complexity index is 438. The molecule has 1 aromatic carbocycles. The van der Waals surface area contributed by atoms with Crippen molar-refractivity contribution < 1.29 is 4.39 Å². The van der Waals surface area contributed by atoms with Crippen LogP contribution in [0.2, 0.25) is 4.34 Å². The third-order valence-electron chi connectivity index (χ3n) is 1.57. The van der Waals surface area contributed by atoms with Gasteiger partial charge in [-0.3, -0.25) is 0 Å². The fraction of sp³-hybridized carbons (Fsp3) is 0. The van der Waals surface area contributed by atoms with Gasteiger partial charge in [0.25, 0.3) is 0 Å². The number of thiophene rings is 1. The molecule has 2 rings (SSSR count). The van der Waals surface area contributed by atoms with E-state index in [4.69, 9.17) is 11.6 Å². The smallest absolute Gasteiger partial charge is 0.133 e. The Balaban J connectivity index is 2.97. The number of hydrogen-bond acceptors (Lipinski definition) is 1. The predicted octanol–water partition coefficient (Wildman–Crippen LogP) is 4.46. The van der Waals surface area contributed by atoms with E-state index in [9.17, 15) is 4.39 Å². The van der Waals surface area contributed by atoms with Crippen molar-refractivity contribution in [1.82, 2.24) is 0 Å². The van der Waals surface area contributed by atoms with E-state index in [-0.39, 0.29) is 5.82 Å². The van der Waals surface area contributed by atoms with E-state index in [2.05, 4.69) is 15.9 Å². The fourth-order valence-electron chi connectivity index (χ4n) is 1.04. The summed E-state index contributed by atoms with van der Waals surface area (Å²) in [4.78, 5) is 0. The number of rotatable bonds is 0. The molecule has 1 heterocycles. The second-order valence-corrected chi connectivity index (χ2v) is 4.75. The Morgan fingerprint density at radius 3 is 2.83 bits per heavy atom. The zero-order valence-electron chi connectivity index (χ0n) is 5.77. The van der Waals surface area contributed by atoms with Crippen molar-refractivity contribution in [2.45, 2.75) is 0 Å². The molecule has 0 saturated carbocycles. The Morgan fingerprint density at radius 2 is 2.17 bits per heavy atom. The molecule has 0 atom stereocenters. The number of fused-ring (bicyclic) bond motifs is 1. The van der Waals surface area contributed by atoms with Crippen molar-refractivity contribution in [2.24, 2.45) is 0 Å². The molecule has 1 aromatic heterocycles. The van der Waals surface area contributed by atoms with Gasteiger partial charge in [-0.25, -0.2) is 4.39 Å². The molecule has 0 aliphatic rings. The van der Waals surface area contributed by atoms with E-state index >= 15 is 0 Å². The lowest BCUT2D eigenvalue weighted by atomic mass is 10.2. The molecule has 4 heteroatoms. The van der Waals surface area contributed by atoms with Crippen molar-refractivity contribution >= 4 is 49.0 Å². The molecule has 0 bridgehead atoms. The molecule has 0 spiro atoms. The Morgan fingerprint density at radius 1 is 1.42 bits per heavy atom. The van der Waals surface area contributed by atoms with Gasteiger partial charge in [0, 0.05) is 10.1 Å². The first-order valence-electron chi connectivity index (χ1n) is 3.22. The highest BCUT2D eigenvalue weighted by atomic mass is 79.9. The summed E-state index contributed by atoms with van der Waals surface area (Å²) in [7, 11) is 0. The maximum atomic E-state index is 13.2. The average Bonchev–Trinajstić information content (AvgIpc) is 2.29. The zero-order chi connectivity index (χ0) is 8.72. The summed E-state index contributed by atoms with van der Waals surface area (Å²) in [6.07, 6.45) is 0. The molecule has 0 unspecified atom stereocenters. The lowest BCUT2D eigenvalue weighted by Gasteiger charge is -1.91. The van der Waals surface area contributed by atoms with Gasteiger partial charge in [0.05, 0.1) is 4.47 Å². The van der Waals surface area contributed by atoms with Gasteiger partial charge in [-0.1, -0.05) is 17.7 Å². The minimum absolute atomic E-state index is 0.234. The highest BCUT2D eigenvalue weighted by Crippen LogP contribution is 2.39. The van der Waals surface area contributed by atoms with Crippen LogP contribution >= 0.6 is 38.9 Å². The zero-order valence-corrected chi connectivity index (χ0v) is 8.93. The van der Waals surface area contributed by atoms with Crippen LogP contribution in [0.4, 0.5) is 4.39 Å². The van der Waals surface area contributed by atoms with Crippen LogP contribution < -0.4 is 0 Å². The van der Waals surface area contributed by atoms with E-state index in [0.717, 1.165) is 4.70 Å².